The highest BCUT2D eigenvalue weighted by atomic mass is 16.2. The lowest BCUT2D eigenvalue weighted by atomic mass is 10.1. The van der Waals surface area contributed by atoms with Crippen LogP contribution in [0.5, 0.6) is 0 Å². The van der Waals surface area contributed by atoms with Crippen molar-refractivity contribution in [1.82, 2.24) is 14.1 Å². The van der Waals surface area contributed by atoms with Crippen LogP contribution in [0, 0.1) is 33.6 Å². The van der Waals surface area contributed by atoms with E-state index in [1.807, 2.05) is 26.0 Å². The van der Waals surface area contributed by atoms with Gasteiger partial charge in [-0.1, -0.05) is 36.8 Å². The van der Waals surface area contributed by atoms with Gasteiger partial charge in [0.25, 0.3) is 5.56 Å². The molecule has 4 aromatic rings. The number of rotatable bonds is 3. The van der Waals surface area contributed by atoms with Gasteiger partial charge in [-0.25, -0.2) is 19.2 Å². The molecule has 1 atom stereocenters. The van der Waals surface area contributed by atoms with Gasteiger partial charge in [0.05, 0.1) is 19.6 Å². The minimum atomic E-state index is -0.316. The van der Waals surface area contributed by atoms with Gasteiger partial charge in [0.1, 0.15) is 5.69 Å². The first-order chi connectivity index (χ1) is 16.1. The maximum absolute atomic E-state index is 13.8. The molecule has 0 unspecified atom stereocenters. The molecular formula is C27H32N5O2+. The SMILES string of the molecule is Cc1cc(C)cc(N2C[C@@H](C)C[n+]3c2[nH]c2c3c(=O)n(Cc3cc(C)ccc3C)c(=O)n2C)c1. The molecule has 0 bridgehead atoms. The van der Waals surface area contributed by atoms with E-state index >= 15 is 0 Å². The van der Waals surface area contributed by atoms with Gasteiger partial charge in [-0.3, -0.25) is 13.9 Å². The number of H-pyrrole nitrogens is 1. The first-order valence-electron chi connectivity index (χ1n) is 11.8. The second-order valence-corrected chi connectivity index (χ2v) is 9.98. The summed E-state index contributed by atoms with van der Waals surface area (Å²) in [6, 6.07) is 12.6. The Morgan fingerprint density at radius 1 is 1.00 bits per heavy atom. The first kappa shape index (κ1) is 22.2. The maximum Gasteiger partial charge on any atom is 0.364 e. The van der Waals surface area contributed by atoms with Crippen molar-refractivity contribution in [3.05, 3.63) is 85.1 Å². The summed E-state index contributed by atoms with van der Waals surface area (Å²) in [7, 11) is 1.73. The molecule has 1 N–H and O–H groups in total. The van der Waals surface area contributed by atoms with Crippen LogP contribution in [0.25, 0.3) is 11.2 Å². The van der Waals surface area contributed by atoms with Crippen LogP contribution in [-0.4, -0.2) is 20.7 Å². The molecule has 0 spiro atoms. The summed E-state index contributed by atoms with van der Waals surface area (Å²) in [5.41, 5.74) is 7.17. The lowest BCUT2D eigenvalue weighted by Gasteiger charge is -2.27. The number of aryl methyl sites for hydroxylation is 5. The summed E-state index contributed by atoms with van der Waals surface area (Å²) >= 11 is 0. The Morgan fingerprint density at radius 2 is 1.71 bits per heavy atom. The Kier molecular flexibility index (Phi) is 5.23. The Bertz CT molecular complexity index is 1540. The van der Waals surface area contributed by atoms with E-state index in [-0.39, 0.29) is 17.8 Å². The van der Waals surface area contributed by atoms with Crippen LogP contribution in [0.4, 0.5) is 11.6 Å². The van der Waals surface area contributed by atoms with Crippen molar-refractivity contribution in [3.63, 3.8) is 0 Å². The third kappa shape index (κ3) is 3.56. The highest BCUT2D eigenvalue weighted by Crippen LogP contribution is 2.29. The number of hydrogen-bond acceptors (Lipinski definition) is 3. The molecule has 0 fully saturated rings. The normalized spacial score (nSPS) is 15.7. The largest absolute Gasteiger partial charge is 0.364 e. The molecule has 2 aromatic carbocycles. The maximum atomic E-state index is 13.8. The molecule has 176 valence electrons. The molecular weight excluding hydrogens is 426 g/mol. The van der Waals surface area contributed by atoms with Crippen LogP contribution < -0.4 is 20.7 Å². The number of hydrogen-bond donors (Lipinski definition) is 1. The number of anilines is 2. The predicted octanol–water partition coefficient (Wildman–Crippen LogP) is 3.39. The molecule has 3 heterocycles. The van der Waals surface area contributed by atoms with Crippen molar-refractivity contribution in [2.45, 2.75) is 47.7 Å². The van der Waals surface area contributed by atoms with Crippen LogP contribution in [-0.2, 0) is 20.1 Å². The summed E-state index contributed by atoms with van der Waals surface area (Å²) in [6.07, 6.45) is 0. The van der Waals surface area contributed by atoms with Gasteiger partial charge in [0.15, 0.2) is 0 Å². The van der Waals surface area contributed by atoms with Crippen LogP contribution >= 0.6 is 0 Å². The number of nitrogens with zero attached hydrogens (tertiary/aromatic N) is 4. The van der Waals surface area contributed by atoms with E-state index in [1.165, 1.54) is 15.7 Å². The number of aromatic amines is 1. The van der Waals surface area contributed by atoms with E-state index < -0.39 is 0 Å². The van der Waals surface area contributed by atoms with E-state index in [9.17, 15) is 9.59 Å². The molecule has 34 heavy (non-hydrogen) atoms. The van der Waals surface area contributed by atoms with Crippen molar-refractivity contribution >= 4 is 22.8 Å². The topological polar surface area (TPSA) is 66.9 Å². The lowest BCUT2D eigenvalue weighted by molar-refractivity contribution is -0.669. The molecule has 7 heteroatoms. The van der Waals surface area contributed by atoms with Gasteiger partial charge in [0, 0.05) is 13.0 Å². The van der Waals surface area contributed by atoms with E-state index in [0.717, 1.165) is 34.9 Å². The number of aromatic nitrogens is 4. The van der Waals surface area contributed by atoms with Crippen molar-refractivity contribution in [3.8, 4) is 0 Å². The fraction of sp³-hybridized carbons (Fsp3) is 0.370. The van der Waals surface area contributed by atoms with Gasteiger partial charge >= 0.3 is 11.6 Å². The summed E-state index contributed by atoms with van der Waals surface area (Å²) in [5.74, 6) is 1.18. The standard InChI is InChI=1S/C27H31N5O2/c1-16-7-8-20(5)21(10-16)15-32-25(33)23-24(29(6)27(32)34)28-26-30(13-19(4)14-31(23)26)22-11-17(2)9-18(3)12-22/h7-12,19H,13-15H2,1-6H3/p+1/t19-/m1/s1. The van der Waals surface area contributed by atoms with Crippen molar-refractivity contribution in [2.75, 3.05) is 11.4 Å². The average molecular weight is 459 g/mol. The summed E-state index contributed by atoms with van der Waals surface area (Å²) in [4.78, 5) is 32.7. The van der Waals surface area contributed by atoms with Gasteiger partial charge in [-0.15, -0.1) is 0 Å². The molecule has 0 amide bonds. The summed E-state index contributed by atoms with van der Waals surface area (Å²) in [5, 5.41) is 0. The zero-order valence-electron chi connectivity index (χ0n) is 20.8. The van der Waals surface area contributed by atoms with E-state index in [2.05, 4.69) is 59.5 Å². The summed E-state index contributed by atoms with van der Waals surface area (Å²) < 4.78 is 4.99. The molecule has 1 aliphatic rings. The van der Waals surface area contributed by atoms with Crippen LogP contribution in [0.15, 0.2) is 46.0 Å². The predicted molar refractivity (Wildman–Crippen MR) is 135 cm³/mol. The minimum absolute atomic E-state index is 0.254. The van der Waals surface area contributed by atoms with Crippen LogP contribution in [0.2, 0.25) is 0 Å². The molecule has 0 saturated carbocycles. The molecule has 0 aliphatic carbocycles. The molecule has 7 nitrogen and oxygen atoms in total. The monoisotopic (exact) mass is 458 g/mol. The van der Waals surface area contributed by atoms with Gasteiger partial charge in [-0.2, -0.15) is 0 Å². The zero-order chi connectivity index (χ0) is 24.3. The second kappa shape index (κ2) is 8.01. The van der Waals surface area contributed by atoms with Crippen LogP contribution in [0.1, 0.15) is 34.7 Å². The van der Waals surface area contributed by atoms with Crippen molar-refractivity contribution in [2.24, 2.45) is 13.0 Å². The van der Waals surface area contributed by atoms with Gasteiger partial charge in [0.2, 0.25) is 11.2 Å². The van der Waals surface area contributed by atoms with Crippen molar-refractivity contribution in [1.29, 1.82) is 0 Å². The quantitative estimate of drug-likeness (QED) is 0.479. The number of benzene rings is 2. The van der Waals surface area contributed by atoms with Gasteiger partial charge < -0.3 is 0 Å². The number of nitrogens with one attached hydrogen (secondary N) is 1. The Balaban J connectivity index is 1.73. The van der Waals surface area contributed by atoms with E-state index in [4.69, 9.17) is 0 Å². The number of fused-ring (bicyclic) bond motifs is 3. The Labute approximate surface area is 198 Å². The average Bonchev–Trinajstić information content (AvgIpc) is 3.15. The van der Waals surface area contributed by atoms with E-state index in [1.54, 1.807) is 11.6 Å². The van der Waals surface area contributed by atoms with E-state index in [0.29, 0.717) is 23.6 Å². The molecule has 1 aliphatic heterocycles. The fourth-order valence-electron chi connectivity index (χ4n) is 5.19. The summed E-state index contributed by atoms with van der Waals surface area (Å²) in [6.45, 7) is 12.2. The third-order valence-electron chi connectivity index (χ3n) is 6.88. The fourth-order valence-corrected chi connectivity index (χ4v) is 5.19. The Hall–Kier alpha value is -3.61. The second-order valence-electron chi connectivity index (χ2n) is 9.98. The smallest absolute Gasteiger partial charge is 0.267 e. The highest BCUT2D eigenvalue weighted by molar-refractivity contribution is 5.70. The zero-order valence-corrected chi connectivity index (χ0v) is 20.8. The molecule has 2 aromatic heterocycles. The lowest BCUT2D eigenvalue weighted by Crippen LogP contribution is -2.52. The first-order valence-corrected chi connectivity index (χ1v) is 11.8. The van der Waals surface area contributed by atoms with Crippen LogP contribution in [0.3, 0.4) is 0 Å². The molecule has 0 radical (unpaired) electrons. The molecule has 0 saturated heterocycles. The molecule has 5 rings (SSSR count). The number of imidazole rings is 1. The minimum Gasteiger partial charge on any atom is -0.267 e. The Morgan fingerprint density at radius 3 is 2.41 bits per heavy atom. The van der Waals surface area contributed by atoms with Gasteiger partial charge in [-0.05, 0) is 62.1 Å². The highest BCUT2D eigenvalue weighted by Gasteiger charge is 2.36. The van der Waals surface area contributed by atoms with Crippen molar-refractivity contribution < 1.29 is 4.57 Å². The third-order valence-corrected chi connectivity index (χ3v) is 6.88.